The Morgan fingerprint density at radius 3 is 2.35 bits per heavy atom. The van der Waals surface area contributed by atoms with Crippen LogP contribution < -0.4 is 5.32 Å². The van der Waals surface area contributed by atoms with E-state index in [1.165, 1.54) is 0 Å². The Morgan fingerprint density at radius 2 is 1.68 bits per heavy atom. The van der Waals surface area contributed by atoms with Gasteiger partial charge in [-0.1, -0.05) is 36.4 Å². The van der Waals surface area contributed by atoms with E-state index in [2.05, 4.69) is 37.6 Å². The number of nitrogens with one attached hydrogen (secondary N) is 1. The number of hydrogen-bond acceptors (Lipinski definition) is 6. The van der Waals surface area contributed by atoms with Crippen molar-refractivity contribution >= 4 is 33.9 Å². The van der Waals surface area contributed by atoms with Gasteiger partial charge in [0, 0.05) is 23.7 Å². The van der Waals surface area contributed by atoms with Crippen LogP contribution in [0, 0.1) is 0 Å². The van der Waals surface area contributed by atoms with E-state index in [-0.39, 0.29) is 5.91 Å². The number of amides is 1. The molecule has 0 spiro atoms. The molecule has 188 valence electrons. The highest BCUT2D eigenvalue weighted by Gasteiger charge is 2.38. The Balaban J connectivity index is 0.000000405. The summed E-state index contributed by atoms with van der Waals surface area (Å²) in [6.07, 6.45) is -1.61. The Hall–Kier alpha value is -4.87. The van der Waals surface area contributed by atoms with Crippen LogP contribution in [0.25, 0.3) is 22.1 Å². The molecule has 2 N–H and O–H groups in total. The lowest BCUT2D eigenvalue weighted by atomic mass is 10.1. The summed E-state index contributed by atoms with van der Waals surface area (Å²) in [4.78, 5) is 30.2. The number of carboxylic acid groups (broad SMARTS) is 1. The molecule has 0 aliphatic carbocycles. The molecule has 0 unspecified atom stereocenters. The molecule has 0 radical (unpaired) electrons. The Morgan fingerprint density at radius 1 is 0.946 bits per heavy atom. The highest BCUT2D eigenvalue weighted by atomic mass is 19.4. The van der Waals surface area contributed by atoms with Crippen LogP contribution in [0.1, 0.15) is 21.6 Å². The average Bonchev–Trinajstić information content (AvgIpc) is 3.31. The van der Waals surface area contributed by atoms with Gasteiger partial charge in [-0.3, -0.25) is 9.78 Å². The quantitative estimate of drug-likeness (QED) is 0.368. The number of alkyl halides is 3. The zero-order chi connectivity index (χ0) is 26.4. The third-order valence-electron chi connectivity index (χ3n) is 5.18. The molecule has 3 aromatic heterocycles. The lowest BCUT2D eigenvalue weighted by Crippen LogP contribution is -2.23. The van der Waals surface area contributed by atoms with Crippen molar-refractivity contribution < 1.29 is 27.9 Å². The van der Waals surface area contributed by atoms with Crippen LogP contribution in [0.4, 0.5) is 13.2 Å². The molecular formula is C25H19F3N6O3. The fourth-order valence-electron chi connectivity index (χ4n) is 3.45. The maximum Gasteiger partial charge on any atom is 0.490 e. The first-order valence-corrected chi connectivity index (χ1v) is 10.9. The fourth-order valence-corrected chi connectivity index (χ4v) is 3.45. The van der Waals surface area contributed by atoms with Gasteiger partial charge in [0.25, 0.3) is 5.91 Å². The van der Waals surface area contributed by atoms with Gasteiger partial charge in [0.05, 0.1) is 29.6 Å². The number of nitrogens with zero attached hydrogens (tertiary/aromatic N) is 5. The number of carbonyl (C=O) groups is 2. The monoisotopic (exact) mass is 508 g/mol. The zero-order valence-electron chi connectivity index (χ0n) is 19.1. The number of benzene rings is 2. The predicted octanol–water partition coefficient (Wildman–Crippen LogP) is 3.99. The van der Waals surface area contributed by atoms with Crippen molar-refractivity contribution in [3.8, 4) is 0 Å². The summed E-state index contributed by atoms with van der Waals surface area (Å²) in [5.41, 5.74) is 4.67. The minimum atomic E-state index is -5.08. The Kier molecular flexibility index (Phi) is 7.37. The number of fused-ring (bicyclic) bond motifs is 3. The van der Waals surface area contributed by atoms with E-state index in [9.17, 15) is 18.0 Å². The number of aliphatic carboxylic acids is 1. The molecular weight excluding hydrogens is 489 g/mol. The molecule has 9 nitrogen and oxygen atoms in total. The molecule has 12 heteroatoms. The van der Waals surface area contributed by atoms with Crippen LogP contribution in [-0.4, -0.2) is 47.9 Å². The van der Waals surface area contributed by atoms with E-state index in [0.717, 1.165) is 27.7 Å². The molecule has 5 rings (SSSR count). The standard InChI is InChI=1S/C23H18N6O.C2HF3O2/c30-23(25-13-18-8-4-5-11-24-18)17-9-10-20-19(12-17)21-22(28-27-20)26-15-29(21)14-16-6-2-1-3-7-16;3-2(4,5)1(6)7/h1-12,15H,13-14H2,(H,25,30);(H,6,7). The number of rotatable bonds is 5. The summed E-state index contributed by atoms with van der Waals surface area (Å²) in [6.45, 7) is 1.03. The van der Waals surface area contributed by atoms with Gasteiger partial charge < -0.3 is 15.0 Å². The van der Waals surface area contributed by atoms with Gasteiger partial charge in [0.1, 0.15) is 0 Å². The van der Waals surface area contributed by atoms with Gasteiger partial charge in [-0.25, -0.2) is 9.78 Å². The number of imidazole rings is 1. The summed E-state index contributed by atoms with van der Waals surface area (Å²) in [7, 11) is 0. The van der Waals surface area contributed by atoms with Crippen molar-refractivity contribution in [1.82, 2.24) is 30.0 Å². The van der Waals surface area contributed by atoms with Crippen LogP contribution in [0.3, 0.4) is 0 Å². The van der Waals surface area contributed by atoms with E-state index in [1.54, 1.807) is 18.6 Å². The fraction of sp³-hybridized carbons (Fsp3) is 0.120. The summed E-state index contributed by atoms with van der Waals surface area (Å²) < 4.78 is 33.8. The third kappa shape index (κ3) is 6.23. The largest absolute Gasteiger partial charge is 0.490 e. The maximum atomic E-state index is 12.7. The van der Waals surface area contributed by atoms with Crippen molar-refractivity contribution in [2.75, 3.05) is 0 Å². The summed E-state index contributed by atoms with van der Waals surface area (Å²) in [6, 6.07) is 21.2. The number of aromatic nitrogens is 5. The summed E-state index contributed by atoms with van der Waals surface area (Å²) in [5, 5.41) is 19.4. The van der Waals surface area contributed by atoms with Crippen LogP contribution in [-0.2, 0) is 17.9 Å². The van der Waals surface area contributed by atoms with Crippen molar-refractivity contribution in [2.45, 2.75) is 19.3 Å². The number of pyridine rings is 1. The van der Waals surface area contributed by atoms with Gasteiger partial charge in [-0.15, -0.1) is 10.2 Å². The molecule has 37 heavy (non-hydrogen) atoms. The van der Waals surface area contributed by atoms with Crippen LogP contribution in [0.2, 0.25) is 0 Å². The molecule has 0 fully saturated rings. The van der Waals surface area contributed by atoms with Crippen molar-refractivity contribution in [3.63, 3.8) is 0 Å². The topological polar surface area (TPSA) is 123 Å². The number of carbonyl (C=O) groups excluding carboxylic acids is 1. The van der Waals surface area contributed by atoms with Crippen LogP contribution in [0.15, 0.2) is 79.3 Å². The normalized spacial score (nSPS) is 11.1. The Bertz CT molecular complexity index is 1540. The third-order valence-corrected chi connectivity index (χ3v) is 5.18. The summed E-state index contributed by atoms with van der Waals surface area (Å²) >= 11 is 0. The molecule has 1 amide bonds. The molecule has 0 aliphatic heterocycles. The SMILES string of the molecule is O=C(NCc1ccccn1)c1ccc2nnc3ncn(Cc4ccccc4)c3c2c1.O=C(O)C(F)(F)F. The molecule has 5 aromatic rings. The van der Waals surface area contributed by atoms with Crippen molar-refractivity contribution in [2.24, 2.45) is 0 Å². The van der Waals surface area contributed by atoms with E-state index >= 15 is 0 Å². The van der Waals surface area contributed by atoms with E-state index in [1.807, 2.05) is 53.1 Å². The molecule has 2 aromatic carbocycles. The van der Waals surface area contributed by atoms with Gasteiger partial charge in [-0.2, -0.15) is 13.2 Å². The molecule has 0 bridgehead atoms. The number of halogens is 3. The first kappa shape index (κ1) is 25.2. The smallest absolute Gasteiger partial charge is 0.475 e. The molecule has 3 heterocycles. The van der Waals surface area contributed by atoms with Gasteiger partial charge in [-0.05, 0) is 35.9 Å². The van der Waals surface area contributed by atoms with E-state index in [0.29, 0.717) is 24.3 Å². The molecule has 0 saturated carbocycles. The highest BCUT2D eigenvalue weighted by molar-refractivity contribution is 6.05. The lowest BCUT2D eigenvalue weighted by molar-refractivity contribution is -0.192. The number of carboxylic acids is 1. The van der Waals surface area contributed by atoms with Gasteiger partial charge in [0.15, 0.2) is 0 Å². The van der Waals surface area contributed by atoms with E-state index in [4.69, 9.17) is 9.90 Å². The molecule has 0 atom stereocenters. The second kappa shape index (κ2) is 10.8. The van der Waals surface area contributed by atoms with Crippen molar-refractivity contribution in [3.05, 3.63) is 96.1 Å². The second-order valence-corrected chi connectivity index (χ2v) is 7.77. The van der Waals surface area contributed by atoms with Gasteiger partial charge in [0.2, 0.25) is 5.65 Å². The highest BCUT2D eigenvalue weighted by Crippen LogP contribution is 2.23. The van der Waals surface area contributed by atoms with Gasteiger partial charge >= 0.3 is 12.1 Å². The first-order chi connectivity index (χ1) is 17.7. The Labute approximate surface area is 207 Å². The lowest BCUT2D eigenvalue weighted by Gasteiger charge is -2.08. The van der Waals surface area contributed by atoms with E-state index < -0.39 is 12.1 Å². The number of hydrogen-bond donors (Lipinski definition) is 2. The van der Waals surface area contributed by atoms with Crippen LogP contribution >= 0.6 is 0 Å². The first-order valence-electron chi connectivity index (χ1n) is 10.9. The summed E-state index contributed by atoms with van der Waals surface area (Å²) in [5.74, 6) is -2.92. The second-order valence-electron chi connectivity index (χ2n) is 7.77. The maximum absolute atomic E-state index is 12.7. The van der Waals surface area contributed by atoms with Crippen LogP contribution in [0.5, 0.6) is 0 Å². The molecule has 0 saturated heterocycles. The average molecular weight is 508 g/mol. The minimum Gasteiger partial charge on any atom is -0.475 e. The zero-order valence-corrected chi connectivity index (χ0v) is 19.1. The minimum absolute atomic E-state index is 0.165. The van der Waals surface area contributed by atoms with Crippen molar-refractivity contribution in [1.29, 1.82) is 0 Å². The predicted molar refractivity (Wildman–Crippen MR) is 127 cm³/mol. The molecule has 0 aliphatic rings.